The van der Waals surface area contributed by atoms with Crippen molar-refractivity contribution in [3.8, 4) is 45.3 Å². The van der Waals surface area contributed by atoms with Gasteiger partial charge in [0.05, 0.1) is 0 Å². The normalized spacial score (nSPS) is 11.7. The van der Waals surface area contributed by atoms with Gasteiger partial charge in [0, 0.05) is 27.5 Å². The minimum atomic E-state index is 0.605. The first kappa shape index (κ1) is 27.5. The molecular weight excluding hydrogens is 599 g/mol. The Morgan fingerprint density at radius 1 is 0.327 bits per heavy atom. The average molecular weight is 626 g/mol. The van der Waals surface area contributed by atoms with E-state index in [1.807, 2.05) is 72.8 Å². The highest BCUT2D eigenvalue weighted by Crippen LogP contribution is 2.42. The molecule has 0 saturated carbocycles. The average Bonchev–Trinajstić information content (AvgIpc) is 3.56. The summed E-state index contributed by atoms with van der Waals surface area (Å²) in [6.07, 6.45) is 0. The van der Waals surface area contributed by atoms with Crippen LogP contribution in [-0.4, -0.2) is 15.0 Å². The number of hydrogen-bond acceptors (Lipinski definition) is 4. The van der Waals surface area contributed by atoms with Crippen molar-refractivity contribution in [1.82, 2.24) is 15.0 Å². The largest absolute Gasteiger partial charge is 0.456 e. The van der Waals surface area contributed by atoms with E-state index < -0.39 is 0 Å². The molecule has 0 radical (unpaired) electrons. The highest BCUT2D eigenvalue weighted by Gasteiger charge is 2.19. The van der Waals surface area contributed by atoms with Crippen LogP contribution < -0.4 is 0 Å². The molecule has 0 aliphatic carbocycles. The number of nitrogens with zero attached hydrogens (tertiary/aromatic N) is 3. The molecule has 8 aromatic carbocycles. The molecule has 10 aromatic rings. The molecule has 10 rings (SSSR count). The Morgan fingerprint density at radius 2 is 0.980 bits per heavy atom. The van der Waals surface area contributed by atoms with Gasteiger partial charge in [0.1, 0.15) is 11.2 Å². The van der Waals surface area contributed by atoms with Gasteiger partial charge < -0.3 is 4.42 Å². The molecule has 228 valence electrons. The van der Waals surface area contributed by atoms with E-state index >= 15 is 0 Å². The molecule has 0 bridgehead atoms. The van der Waals surface area contributed by atoms with Gasteiger partial charge in [-0.25, -0.2) is 15.0 Å². The number of fused-ring (bicyclic) bond motifs is 8. The van der Waals surface area contributed by atoms with Crippen LogP contribution in [-0.2, 0) is 0 Å². The van der Waals surface area contributed by atoms with Crippen LogP contribution in [0.1, 0.15) is 0 Å². The van der Waals surface area contributed by atoms with Crippen LogP contribution in [0, 0.1) is 0 Å². The zero-order valence-corrected chi connectivity index (χ0v) is 26.3. The number of aromatic nitrogens is 3. The minimum Gasteiger partial charge on any atom is -0.456 e. The number of benzene rings is 8. The number of furan rings is 1. The lowest BCUT2D eigenvalue weighted by atomic mass is 9.89. The molecule has 0 fully saturated rings. The first-order valence-electron chi connectivity index (χ1n) is 16.4. The van der Waals surface area contributed by atoms with Gasteiger partial charge in [-0.15, -0.1) is 0 Å². The van der Waals surface area contributed by atoms with Crippen LogP contribution >= 0.6 is 0 Å². The molecular formula is C45H27N3O. The third kappa shape index (κ3) is 4.49. The van der Waals surface area contributed by atoms with E-state index in [9.17, 15) is 0 Å². The third-order valence-corrected chi connectivity index (χ3v) is 9.50. The van der Waals surface area contributed by atoms with Crippen LogP contribution in [0.3, 0.4) is 0 Å². The Kier molecular flexibility index (Phi) is 6.15. The Labute approximate surface area is 282 Å². The first-order chi connectivity index (χ1) is 24.3. The summed E-state index contributed by atoms with van der Waals surface area (Å²) in [7, 11) is 0. The maximum atomic E-state index is 6.49. The summed E-state index contributed by atoms with van der Waals surface area (Å²) in [5.74, 6) is 1.86. The van der Waals surface area contributed by atoms with E-state index in [4.69, 9.17) is 19.4 Å². The molecule has 2 aromatic heterocycles. The monoisotopic (exact) mass is 625 g/mol. The smallest absolute Gasteiger partial charge is 0.164 e. The van der Waals surface area contributed by atoms with Crippen molar-refractivity contribution in [2.45, 2.75) is 0 Å². The highest BCUT2D eigenvalue weighted by molar-refractivity contribution is 6.23. The fourth-order valence-electron chi connectivity index (χ4n) is 7.22. The van der Waals surface area contributed by atoms with Gasteiger partial charge in [0.25, 0.3) is 0 Å². The van der Waals surface area contributed by atoms with Gasteiger partial charge in [-0.05, 0) is 67.7 Å². The van der Waals surface area contributed by atoms with Crippen LogP contribution in [0.2, 0.25) is 0 Å². The summed E-state index contributed by atoms with van der Waals surface area (Å²) in [4.78, 5) is 15.0. The summed E-state index contributed by atoms with van der Waals surface area (Å²) in [5.41, 5.74) is 6.71. The van der Waals surface area contributed by atoms with E-state index in [1.165, 1.54) is 37.9 Å². The molecule has 0 aliphatic heterocycles. The van der Waals surface area contributed by atoms with Crippen molar-refractivity contribution in [3.05, 3.63) is 164 Å². The summed E-state index contributed by atoms with van der Waals surface area (Å²) in [6, 6.07) is 57.0. The molecule has 0 amide bonds. The maximum Gasteiger partial charge on any atom is 0.164 e. The van der Waals surface area contributed by atoms with Gasteiger partial charge in [-0.1, -0.05) is 140 Å². The van der Waals surface area contributed by atoms with Crippen molar-refractivity contribution in [2.75, 3.05) is 0 Å². The zero-order chi connectivity index (χ0) is 32.3. The third-order valence-electron chi connectivity index (χ3n) is 9.50. The van der Waals surface area contributed by atoms with Crippen molar-refractivity contribution in [1.29, 1.82) is 0 Å². The lowest BCUT2D eigenvalue weighted by molar-refractivity contribution is 0.669. The summed E-state index contributed by atoms with van der Waals surface area (Å²) in [5, 5.41) is 9.43. The highest BCUT2D eigenvalue weighted by atomic mass is 16.3. The quantitative estimate of drug-likeness (QED) is 0.183. The Balaban J connectivity index is 1.25. The predicted octanol–water partition coefficient (Wildman–Crippen LogP) is 11.9. The molecule has 0 atom stereocenters. The molecule has 2 heterocycles. The Hall–Kier alpha value is -6.65. The van der Waals surface area contributed by atoms with Gasteiger partial charge in [-0.3, -0.25) is 0 Å². The molecule has 0 N–H and O–H groups in total. The van der Waals surface area contributed by atoms with Gasteiger partial charge in [0.15, 0.2) is 17.5 Å². The standard InChI is InChI=1S/C45H27N3O/c1-3-13-29(14-4-1)43-46-44(30-15-5-2-6-16-30)48-45(47-43)36-20-11-21-40-42(36)38-27-32(23-25-39(38)49-40)37-26-31-17-8-9-18-33(31)35-24-22-28-12-7-10-19-34(28)41(35)37/h1-27H. The van der Waals surface area contributed by atoms with Gasteiger partial charge in [-0.2, -0.15) is 0 Å². The van der Waals surface area contributed by atoms with E-state index in [0.29, 0.717) is 17.5 Å². The Bertz CT molecular complexity index is 2820. The fraction of sp³-hybridized carbons (Fsp3) is 0. The van der Waals surface area contributed by atoms with Crippen molar-refractivity contribution >= 4 is 54.3 Å². The first-order valence-corrected chi connectivity index (χ1v) is 16.4. The van der Waals surface area contributed by atoms with Gasteiger partial charge in [0.2, 0.25) is 0 Å². The van der Waals surface area contributed by atoms with Crippen LogP contribution in [0.15, 0.2) is 168 Å². The van der Waals surface area contributed by atoms with E-state index in [2.05, 4.69) is 91.0 Å². The van der Waals surface area contributed by atoms with Crippen LogP contribution in [0.4, 0.5) is 0 Å². The molecule has 4 nitrogen and oxygen atoms in total. The SMILES string of the molecule is c1ccc(-c2nc(-c3ccccc3)nc(-c3cccc4oc5ccc(-c6cc7ccccc7c7ccc8ccccc8c67)cc5c34)n2)cc1. The zero-order valence-electron chi connectivity index (χ0n) is 26.3. The molecule has 49 heavy (non-hydrogen) atoms. The van der Waals surface area contributed by atoms with Crippen molar-refractivity contribution < 1.29 is 4.42 Å². The summed E-state index contributed by atoms with van der Waals surface area (Å²) >= 11 is 0. The second kappa shape index (κ2) is 11.0. The summed E-state index contributed by atoms with van der Waals surface area (Å²) < 4.78 is 6.49. The fourth-order valence-corrected chi connectivity index (χ4v) is 7.22. The maximum absolute atomic E-state index is 6.49. The van der Waals surface area contributed by atoms with Crippen LogP contribution in [0.5, 0.6) is 0 Å². The molecule has 0 aliphatic rings. The lowest BCUT2D eigenvalue weighted by Crippen LogP contribution is -2.00. The molecule has 4 heteroatoms. The number of hydrogen-bond donors (Lipinski definition) is 0. The Morgan fingerprint density at radius 3 is 1.73 bits per heavy atom. The minimum absolute atomic E-state index is 0.605. The predicted molar refractivity (Wildman–Crippen MR) is 201 cm³/mol. The van der Waals surface area contributed by atoms with Crippen molar-refractivity contribution in [2.24, 2.45) is 0 Å². The van der Waals surface area contributed by atoms with Crippen LogP contribution in [0.25, 0.3) is 99.5 Å². The van der Waals surface area contributed by atoms with E-state index in [0.717, 1.165) is 44.2 Å². The number of rotatable bonds is 4. The topological polar surface area (TPSA) is 51.8 Å². The lowest BCUT2D eigenvalue weighted by Gasteiger charge is -2.14. The summed E-state index contributed by atoms with van der Waals surface area (Å²) in [6.45, 7) is 0. The molecule has 0 spiro atoms. The van der Waals surface area contributed by atoms with Gasteiger partial charge >= 0.3 is 0 Å². The van der Waals surface area contributed by atoms with E-state index in [1.54, 1.807) is 0 Å². The van der Waals surface area contributed by atoms with Crippen molar-refractivity contribution in [3.63, 3.8) is 0 Å². The van der Waals surface area contributed by atoms with E-state index in [-0.39, 0.29) is 0 Å². The second-order valence-electron chi connectivity index (χ2n) is 12.4. The second-order valence-corrected chi connectivity index (χ2v) is 12.4. The molecule has 0 saturated heterocycles. The molecule has 0 unspecified atom stereocenters.